The van der Waals surface area contributed by atoms with E-state index in [0.29, 0.717) is 18.6 Å². The lowest BCUT2D eigenvalue weighted by molar-refractivity contribution is -0.140. The number of carbonyl (C=O) groups excluding carboxylic acids is 2. The summed E-state index contributed by atoms with van der Waals surface area (Å²) in [6, 6.07) is 10.5. The van der Waals surface area contributed by atoms with Gasteiger partial charge in [0.25, 0.3) is 11.7 Å². The molecule has 1 N–H and O–H groups in total. The van der Waals surface area contributed by atoms with Gasteiger partial charge >= 0.3 is 0 Å². The Labute approximate surface area is 169 Å². The monoisotopic (exact) mass is 397 g/mol. The maximum atomic E-state index is 14.7. The molecule has 2 aromatic carbocycles. The number of hydrogen-bond acceptors (Lipinski definition) is 4. The lowest BCUT2D eigenvalue weighted by Gasteiger charge is -2.25. The van der Waals surface area contributed by atoms with Crippen LogP contribution in [0, 0.1) is 19.7 Å². The molecule has 1 amide bonds. The molecule has 1 aliphatic rings. The van der Waals surface area contributed by atoms with Crippen molar-refractivity contribution in [3.8, 4) is 0 Å². The Kier molecular flexibility index (Phi) is 6.13. The van der Waals surface area contributed by atoms with E-state index in [9.17, 15) is 19.1 Å². The van der Waals surface area contributed by atoms with Crippen LogP contribution in [-0.2, 0) is 14.3 Å². The molecule has 0 spiro atoms. The Hall–Kier alpha value is -2.99. The first-order valence-electron chi connectivity index (χ1n) is 9.46. The van der Waals surface area contributed by atoms with Gasteiger partial charge in [-0.15, -0.1) is 0 Å². The Balaban J connectivity index is 2.19. The van der Waals surface area contributed by atoms with Crippen molar-refractivity contribution in [1.82, 2.24) is 4.90 Å². The van der Waals surface area contributed by atoms with Crippen LogP contribution in [0.1, 0.15) is 34.7 Å². The summed E-state index contributed by atoms with van der Waals surface area (Å²) in [6.07, 6.45) is 0.484. The zero-order valence-electron chi connectivity index (χ0n) is 16.7. The van der Waals surface area contributed by atoms with Crippen molar-refractivity contribution in [1.29, 1.82) is 0 Å². The fraction of sp³-hybridized carbons (Fsp3) is 0.304. The van der Waals surface area contributed by atoms with Gasteiger partial charge in [0.2, 0.25) is 0 Å². The van der Waals surface area contributed by atoms with E-state index in [1.165, 1.54) is 17.0 Å². The number of aryl methyl sites for hydroxylation is 2. The fourth-order valence-electron chi connectivity index (χ4n) is 3.65. The lowest BCUT2D eigenvalue weighted by Crippen LogP contribution is -2.31. The third kappa shape index (κ3) is 3.93. The van der Waals surface area contributed by atoms with E-state index in [1.54, 1.807) is 32.2 Å². The smallest absolute Gasteiger partial charge is 0.295 e. The number of aliphatic hydroxyl groups is 1. The van der Waals surface area contributed by atoms with Gasteiger partial charge in [-0.3, -0.25) is 9.59 Å². The number of rotatable bonds is 6. The van der Waals surface area contributed by atoms with Gasteiger partial charge in [-0.1, -0.05) is 35.9 Å². The SMILES string of the molecule is COCCCN1C(=O)C(=O)C(=C(O)c2cc(C)ccc2C)C1c1ccccc1F. The van der Waals surface area contributed by atoms with Crippen molar-refractivity contribution in [3.63, 3.8) is 0 Å². The standard InChI is InChI=1S/C23H24FNO4/c1-14-9-10-15(2)17(13-14)21(26)19-20(16-7-4-5-8-18(16)24)25(11-6-12-29-3)23(28)22(19)27/h4-5,7-10,13,20,26H,6,11-12H2,1-3H3. The van der Waals surface area contributed by atoms with Gasteiger partial charge in [0.1, 0.15) is 11.6 Å². The second-order valence-corrected chi connectivity index (χ2v) is 7.18. The summed E-state index contributed by atoms with van der Waals surface area (Å²) in [4.78, 5) is 27.0. The summed E-state index contributed by atoms with van der Waals surface area (Å²) in [5.41, 5.74) is 2.20. The number of methoxy groups -OCH3 is 1. The van der Waals surface area contributed by atoms with Crippen molar-refractivity contribution in [2.24, 2.45) is 0 Å². The van der Waals surface area contributed by atoms with E-state index < -0.39 is 23.5 Å². The van der Waals surface area contributed by atoms with Crippen molar-refractivity contribution < 1.29 is 23.8 Å². The fourth-order valence-corrected chi connectivity index (χ4v) is 3.65. The largest absolute Gasteiger partial charge is 0.507 e. The summed E-state index contributed by atoms with van der Waals surface area (Å²) in [6.45, 7) is 4.28. The number of amides is 1. The minimum absolute atomic E-state index is 0.0915. The van der Waals surface area contributed by atoms with Gasteiger partial charge in [-0.25, -0.2) is 4.39 Å². The van der Waals surface area contributed by atoms with Gasteiger partial charge < -0.3 is 14.7 Å². The van der Waals surface area contributed by atoms with Crippen LogP contribution < -0.4 is 0 Å². The molecule has 1 saturated heterocycles. The first-order valence-corrected chi connectivity index (χ1v) is 9.46. The molecule has 3 rings (SSSR count). The Morgan fingerprint density at radius 2 is 1.90 bits per heavy atom. The molecule has 0 aliphatic carbocycles. The van der Waals surface area contributed by atoms with E-state index in [2.05, 4.69) is 0 Å². The Morgan fingerprint density at radius 3 is 2.59 bits per heavy atom. The summed E-state index contributed by atoms with van der Waals surface area (Å²) in [5, 5.41) is 11.1. The number of hydrogen-bond donors (Lipinski definition) is 1. The second kappa shape index (κ2) is 8.57. The molecular formula is C23H24FNO4. The number of Topliss-reactive ketones (excluding diaryl/α,β-unsaturated/α-hetero) is 1. The topological polar surface area (TPSA) is 66.8 Å². The molecule has 29 heavy (non-hydrogen) atoms. The van der Waals surface area contributed by atoms with E-state index in [4.69, 9.17) is 4.74 Å². The molecule has 6 heteroatoms. The summed E-state index contributed by atoms with van der Waals surface area (Å²) < 4.78 is 19.7. The zero-order valence-corrected chi connectivity index (χ0v) is 16.7. The molecule has 5 nitrogen and oxygen atoms in total. The van der Waals surface area contributed by atoms with E-state index in [-0.39, 0.29) is 23.4 Å². The number of benzene rings is 2. The second-order valence-electron chi connectivity index (χ2n) is 7.18. The third-order valence-corrected chi connectivity index (χ3v) is 5.14. The molecule has 152 valence electrons. The van der Waals surface area contributed by atoms with Gasteiger partial charge in [0.05, 0.1) is 11.6 Å². The van der Waals surface area contributed by atoms with Crippen LogP contribution >= 0.6 is 0 Å². The predicted octanol–water partition coefficient (Wildman–Crippen LogP) is 3.90. The van der Waals surface area contributed by atoms with Crippen LogP contribution in [-0.4, -0.2) is 42.0 Å². The quantitative estimate of drug-likeness (QED) is 0.347. The maximum absolute atomic E-state index is 14.7. The Bertz CT molecular complexity index is 983. The van der Waals surface area contributed by atoms with Crippen LogP contribution in [0.25, 0.3) is 5.76 Å². The van der Waals surface area contributed by atoms with Gasteiger partial charge in [-0.2, -0.15) is 0 Å². The van der Waals surface area contributed by atoms with Crippen molar-refractivity contribution >= 4 is 17.4 Å². The van der Waals surface area contributed by atoms with Gasteiger partial charge in [-0.05, 0) is 38.0 Å². The molecule has 0 saturated carbocycles. The zero-order chi connectivity index (χ0) is 21.1. The summed E-state index contributed by atoms with van der Waals surface area (Å²) >= 11 is 0. The van der Waals surface area contributed by atoms with Crippen LogP contribution in [0.2, 0.25) is 0 Å². The minimum Gasteiger partial charge on any atom is -0.507 e. The number of nitrogens with zero attached hydrogens (tertiary/aromatic N) is 1. The average Bonchev–Trinajstić information content (AvgIpc) is 2.94. The number of aliphatic hydroxyl groups excluding tert-OH is 1. The number of likely N-dealkylation sites (tertiary alicyclic amines) is 1. The highest BCUT2D eigenvalue weighted by atomic mass is 19.1. The Morgan fingerprint density at radius 1 is 1.17 bits per heavy atom. The molecule has 0 bridgehead atoms. The predicted molar refractivity (Wildman–Crippen MR) is 108 cm³/mol. The molecular weight excluding hydrogens is 373 g/mol. The highest BCUT2D eigenvalue weighted by Gasteiger charge is 2.46. The lowest BCUT2D eigenvalue weighted by atomic mass is 9.93. The summed E-state index contributed by atoms with van der Waals surface area (Å²) in [5.74, 6) is -2.38. The number of ketones is 1. The normalized spacial score (nSPS) is 18.5. The van der Waals surface area contributed by atoms with E-state index >= 15 is 0 Å². The number of halogens is 1. The highest BCUT2D eigenvalue weighted by Crippen LogP contribution is 2.40. The van der Waals surface area contributed by atoms with E-state index in [1.807, 2.05) is 19.1 Å². The molecule has 1 atom stereocenters. The summed E-state index contributed by atoms with van der Waals surface area (Å²) in [7, 11) is 1.54. The molecule has 1 unspecified atom stereocenters. The van der Waals surface area contributed by atoms with Gasteiger partial charge in [0.15, 0.2) is 0 Å². The van der Waals surface area contributed by atoms with Crippen LogP contribution in [0.4, 0.5) is 4.39 Å². The molecule has 0 aromatic heterocycles. The number of ether oxygens (including phenoxy) is 1. The molecule has 0 radical (unpaired) electrons. The van der Waals surface area contributed by atoms with Crippen molar-refractivity contribution in [3.05, 3.63) is 76.1 Å². The molecule has 2 aromatic rings. The minimum atomic E-state index is -0.993. The third-order valence-electron chi connectivity index (χ3n) is 5.14. The molecule has 1 aliphatic heterocycles. The van der Waals surface area contributed by atoms with Crippen LogP contribution in [0.5, 0.6) is 0 Å². The average molecular weight is 397 g/mol. The van der Waals surface area contributed by atoms with Crippen molar-refractivity contribution in [2.45, 2.75) is 26.3 Å². The highest BCUT2D eigenvalue weighted by molar-refractivity contribution is 6.46. The van der Waals surface area contributed by atoms with Crippen LogP contribution in [0.15, 0.2) is 48.0 Å². The van der Waals surface area contributed by atoms with E-state index in [0.717, 1.165) is 11.1 Å². The first kappa shape index (κ1) is 20.7. The molecule has 1 fully saturated rings. The number of carbonyl (C=O) groups is 2. The van der Waals surface area contributed by atoms with Crippen LogP contribution in [0.3, 0.4) is 0 Å². The first-order chi connectivity index (χ1) is 13.9. The maximum Gasteiger partial charge on any atom is 0.295 e. The van der Waals surface area contributed by atoms with Crippen molar-refractivity contribution in [2.75, 3.05) is 20.3 Å². The molecule has 1 heterocycles. The van der Waals surface area contributed by atoms with Gasteiger partial charge in [0, 0.05) is 31.4 Å².